The third kappa shape index (κ3) is 6.51. The summed E-state index contributed by atoms with van der Waals surface area (Å²) in [4.78, 5) is 14.2. The number of nitrogens with zero attached hydrogens (tertiary/aromatic N) is 1. The van der Waals surface area contributed by atoms with Gasteiger partial charge < -0.3 is 16.0 Å². The van der Waals surface area contributed by atoms with Crippen molar-refractivity contribution < 1.29 is 4.79 Å². The van der Waals surface area contributed by atoms with E-state index in [-0.39, 0.29) is 11.9 Å². The van der Waals surface area contributed by atoms with E-state index in [1.807, 2.05) is 13.0 Å². The van der Waals surface area contributed by atoms with Gasteiger partial charge in [-0.25, -0.2) is 0 Å². The highest BCUT2D eigenvalue weighted by molar-refractivity contribution is 5.76. The van der Waals surface area contributed by atoms with E-state index in [9.17, 15) is 4.79 Å². The number of hydrogen-bond donors (Lipinski definition) is 2. The van der Waals surface area contributed by atoms with Crippen molar-refractivity contribution in [1.29, 1.82) is 0 Å². The van der Waals surface area contributed by atoms with Gasteiger partial charge >= 0.3 is 0 Å². The van der Waals surface area contributed by atoms with E-state index in [2.05, 4.69) is 43.1 Å². The highest BCUT2D eigenvalue weighted by Crippen LogP contribution is 2.25. The molecule has 1 aromatic carbocycles. The van der Waals surface area contributed by atoms with Crippen molar-refractivity contribution in [2.24, 2.45) is 0 Å². The van der Waals surface area contributed by atoms with E-state index in [1.54, 1.807) is 0 Å². The number of anilines is 2. The number of carbonyl (C=O) groups excluding carboxylic acids is 1. The van der Waals surface area contributed by atoms with Gasteiger partial charge in [0.2, 0.25) is 5.91 Å². The zero-order chi connectivity index (χ0) is 17.2. The van der Waals surface area contributed by atoms with Crippen LogP contribution in [0.15, 0.2) is 18.2 Å². The molecule has 0 aliphatic rings. The van der Waals surface area contributed by atoms with Gasteiger partial charge in [-0.05, 0) is 50.3 Å². The van der Waals surface area contributed by atoms with Gasteiger partial charge in [-0.15, -0.1) is 0 Å². The summed E-state index contributed by atoms with van der Waals surface area (Å²) >= 11 is 0. The van der Waals surface area contributed by atoms with Crippen LogP contribution < -0.4 is 16.0 Å². The second kappa shape index (κ2) is 10.1. The zero-order valence-corrected chi connectivity index (χ0v) is 15.2. The number of nitrogens with one attached hydrogen (secondary N) is 1. The highest BCUT2D eigenvalue weighted by atomic mass is 16.1. The summed E-state index contributed by atoms with van der Waals surface area (Å²) in [5.41, 5.74) is 9.30. The first-order valence-corrected chi connectivity index (χ1v) is 8.94. The Balaban J connectivity index is 2.66. The van der Waals surface area contributed by atoms with E-state index in [0.717, 1.165) is 55.7 Å². The quantitative estimate of drug-likeness (QED) is 0.646. The largest absolute Gasteiger partial charge is 0.397 e. The van der Waals surface area contributed by atoms with Crippen LogP contribution in [0, 0.1) is 0 Å². The van der Waals surface area contributed by atoms with Crippen molar-refractivity contribution >= 4 is 17.3 Å². The fourth-order valence-electron chi connectivity index (χ4n) is 2.65. The number of carbonyl (C=O) groups is 1. The molecular formula is C19H33N3O. The molecule has 0 fully saturated rings. The summed E-state index contributed by atoms with van der Waals surface area (Å²) in [6, 6.07) is 6.46. The Morgan fingerprint density at radius 2 is 1.87 bits per heavy atom. The number of hydrogen-bond acceptors (Lipinski definition) is 3. The SMILES string of the molecule is CCCN(CCC)c1ccc(CCC(=O)NC(C)CC)cc1N. The van der Waals surface area contributed by atoms with Crippen LogP contribution in [0.25, 0.3) is 0 Å². The second-order valence-electron chi connectivity index (χ2n) is 6.26. The zero-order valence-electron chi connectivity index (χ0n) is 15.2. The molecule has 23 heavy (non-hydrogen) atoms. The molecule has 1 unspecified atom stereocenters. The van der Waals surface area contributed by atoms with Crippen LogP contribution in [0.5, 0.6) is 0 Å². The first kappa shape index (κ1) is 19.3. The molecule has 130 valence electrons. The Kier molecular flexibility index (Phi) is 8.52. The van der Waals surface area contributed by atoms with E-state index in [0.29, 0.717) is 6.42 Å². The molecule has 1 aromatic rings. The summed E-state index contributed by atoms with van der Waals surface area (Å²) in [6.07, 6.45) is 4.41. The number of nitrogen functional groups attached to an aromatic ring is 1. The van der Waals surface area contributed by atoms with Crippen LogP contribution in [-0.4, -0.2) is 25.0 Å². The molecular weight excluding hydrogens is 286 g/mol. The molecule has 0 aromatic heterocycles. The summed E-state index contributed by atoms with van der Waals surface area (Å²) in [6.45, 7) is 10.5. The fraction of sp³-hybridized carbons (Fsp3) is 0.632. The van der Waals surface area contributed by atoms with Crippen LogP contribution in [0.1, 0.15) is 58.9 Å². The van der Waals surface area contributed by atoms with Gasteiger partial charge in [0.05, 0.1) is 11.4 Å². The van der Waals surface area contributed by atoms with Crippen molar-refractivity contribution in [2.45, 2.75) is 65.8 Å². The number of amides is 1. The van der Waals surface area contributed by atoms with Crippen molar-refractivity contribution in [3.05, 3.63) is 23.8 Å². The Morgan fingerprint density at radius 3 is 2.39 bits per heavy atom. The molecule has 1 atom stereocenters. The predicted molar refractivity (Wildman–Crippen MR) is 99.9 cm³/mol. The van der Waals surface area contributed by atoms with Gasteiger partial charge in [0.25, 0.3) is 0 Å². The minimum absolute atomic E-state index is 0.112. The van der Waals surface area contributed by atoms with E-state index >= 15 is 0 Å². The van der Waals surface area contributed by atoms with Gasteiger partial charge in [0, 0.05) is 25.6 Å². The van der Waals surface area contributed by atoms with Crippen molar-refractivity contribution in [2.75, 3.05) is 23.7 Å². The summed E-state index contributed by atoms with van der Waals surface area (Å²) in [7, 11) is 0. The lowest BCUT2D eigenvalue weighted by Gasteiger charge is -2.25. The Hall–Kier alpha value is -1.71. The maximum atomic E-state index is 11.9. The van der Waals surface area contributed by atoms with E-state index in [1.165, 1.54) is 0 Å². The van der Waals surface area contributed by atoms with E-state index in [4.69, 9.17) is 5.73 Å². The predicted octanol–water partition coefficient (Wildman–Crippen LogP) is 3.74. The molecule has 0 aliphatic heterocycles. The van der Waals surface area contributed by atoms with Crippen molar-refractivity contribution in [3.63, 3.8) is 0 Å². The molecule has 1 amide bonds. The van der Waals surface area contributed by atoms with Crippen molar-refractivity contribution in [1.82, 2.24) is 5.32 Å². The third-order valence-electron chi connectivity index (χ3n) is 4.08. The summed E-state index contributed by atoms with van der Waals surface area (Å²) < 4.78 is 0. The highest BCUT2D eigenvalue weighted by Gasteiger charge is 2.10. The minimum Gasteiger partial charge on any atom is -0.397 e. The molecule has 1 rings (SSSR count). The van der Waals surface area contributed by atoms with Gasteiger partial charge in [-0.2, -0.15) is 0 Å². The molecule has 4 nitrogen and oxygen atoms in total. The Bertz CT molecular complexity index is 482. The summed E-state index contributed by atoms with van der Waals surface area (Å²) in [5, 5.41) is 3.00. The second-order valence-corrected chi connectivity index (χ2v) is 6.26. The lowest BCUT2D eigenvalue weighted by Crippen LogP contribution is -2.32. The minimum atomic E-state index is 0.112. The Morgan fingerprint density at radius 1 is 1.22 bits per heavy atom. The molecule has 3 N–H and O–H groups in total. The molecule has 0 radical (unpaired) electrons. The molecule has 0 bridgehead atoms. The average molecular weight is 319 g/mol. The summed E-state index contributed by atoms with van der Waals surface area (Å²) in [5.74, 6) is 0.112. The molecule has 4 heteroatoms. The topological polar surface area (TPSA) is 58.4 Å². The number of benzene rings is 1. The average Bonchev–Trinajstić information content (AvgIpc) is 2.53. The van der Waals surface area contributed by atoms with Crippen LogP contribution >= 0.6 is 0 Å². The lowest BCUT2D eigenvalue weighted by atomic mass is 10.1. The number of nitrogens with two attached hydrogens (primary N) is 1. The molecule has 0 aliphatic carbocycles. The maximum absolute atomic E-state index is 11.9. The van der Waals surface area contributed by atoms with Crippen LogP contribution in [-0.2, 0) is 11.2 Å². The molecule has 0 spiro atoms. The lowest BCUT2D eigenvalue weighted by molar-refractivity contribution is -0.121. The number of aryl methyl sites for hydroxylation is 1. The van der Waals surface area contributed by atoms with Gasteiger partial charge in [0.15, 0.2) is 0 Å². The standard InChI is InChI=1S/C19H33N3O/c1-5-12-22(13-6-2)18-10-8-16(14-17(18)20)9-11-19(23)21-15(4)7-3/h8,10,14-15H,5-7,9,11-13,20H2,1-4H3,(H,21,23). The smallest absolute Gasteiger partial charge is 0.220 e. The Labute approximate surface area is 141 Å². The van der Waals surface area contributed by atoms with Crippen LogP contribution in [0.2, 0.25) is 0 Å². The van der Waals surface area contributed by atoms with Gasteiger partial charge in [-0.1, -0.05) is 26.8 Å². The molecule has 0 heterocycles. The van der Waals surface area contributed by atoms with E-state index < -0.39 is 0 Å². The fourth-order valence-corrected chi connectivity index (χ4v) is 2.65. The third-order valence-corrected chi connectivity index (χ3v) is 4.08. The first-order chi connectivity index (χ1) is 11.0. The maximum Gasteiger partial charge on any atom is 0.220 e. The monoisotopic (exact) mass is 319 g/mol. The molecule has 0 saturated carbocycles. The van der Waals surface area contributed by atoms with Gasteiger partial charge in [0.1, 0.15) is 0 Å². The normalized spacial score (nSPS) is 12.0. The number of rotatable bonds is 10. The van der Waals surface area contributed by atoms with Crippen LogP contribution in [0.4, 0.5) is 11.4 Å². The van der Waals surface area contributed by atoms with Crippen molar-refractivity contribution in [3.8, 4) is 0 Å². The molecule has 0 saturated heterocycles. The van der Waals surface area contributed by atoms with Gasteiger partial charge in [-0.3, -0.25) is 4.79 Å². The van der Waals surface area contributed by atoms with Crippen LogP contribution in [0.3, 0.4) is 0 Å². The first-order valence-electron chi connectivity index (χ1n) is 8.94.